The van der Waals surface area contributed by atoms with Crippen LogP contribution in [-0.4, -0.2) is 54.1 Å². The maximum absolute atomic E-state index is 5.84. The third kappa shape index (κ3) is 2.42. The van der Waals surface area contributed by atoms with Crippen LogP contribution in [0.25, 0.3) is 0 Å². The fourth-order valence-electron chi connectivity index (χ4n) is 1.99. The summed E-state index contributed by atoms with van der Waals surface area (Å²) in [5.41, 5.74) is 5.78. The summed E-state index contributed by atoms with van der Waals surface area (Å²) in [4.78, 5) is 12.8. The molecule has 0 amide bonds. The topological polar surface area (TPSA) is 58.3 Å². The molecular formula is C10H16ClN5. The van der Waals surface area contributed by atoms with Crippen LogP contribution in [0.15, 0.2) is 12.4 Å². The van der Waals surface area contributed by atoms with E-state index in [0.717, 1.165) is 25.5 Å². The predicted molar refractivity (Wildman–Crippen MR) is 64.7 cm³/mol. The van der Waals surface area contributed by atoms with Gasteiger partial charge in [0, 0.05) is 26.2 Å². The van der Waals surface area contributed by atoms with Gasteiger partial charge in [-0.25, -0.2) is 4.98 Å². The van der Waals surface area contributed by atoms with Crippen molar-refractivity contribution in [3.05, 3.63) is 17.5 Å². The minimum absolute atomic E-state index is 0.284. The molecule has 1 aromatic heterocycles. The van der Waals surface area contributed by atoms with Gasteiger partial charge in [0.2, 0.25) is 0 Å². The second-order valence-corrected chi connectivity index (χ2v) is 4.43. The molecule has 0 saturated carbocycles. The Morgan fingerprint density at radius 3 is 3.00 bits per heavy atom. The van der Waals surface area contributed by atoms with E-state index >= 15 is 0 Å². The molecule has 6 heteroatoms. The number of nitrogens with two attached hydrogens (primary N) is 1. The SMILES string of the molecule is CN1CCN(c2cncc(Cl)n2)C(CN)C1. The third-order valence-electron chi connectivity index (χ3n) is 2.84. The Morgan fingerprint density at radius 1 is 1.50 bits per heavy atom. The highest BCUT2D eigenvalue weighted by Crippen LogP contribution is 2.18. The maximum atomic E-state index is 5.84. The molecule has 0 spiro atoms. The molecule has 1 aliphatic rings. The Morgan fingerprint density at radius 2 is 2.31 bits per heavy atom. The standard InChI is InChI=1S/C10H16ClN5/c1-15-2-3-16(8(4-12)7-15)10-6-13-5-9(11)14-10/h5-6,8H,2-4,7,12H2,1H3. The molecule has 1 aliphatic heterocycles. The number of nitrogens with zero attached hydrogens (tertiary/aromatic N) is 4. The second kappa shape index (κ2) is 4.95. The van der Waals surface area contributed by atoms with Crippen LogP contribution in [-0.2, 0) is 0 Å². The van der Waals surface area contributed by atoms with Crippen molar-refractivity contribution in [3.8, 4) is 0 Å². The minimum atomic E-state index is 0.284. The van der Waals surface area contributed by atoms with Crippen molar-refractivity contribution in [2.24, 2.45) is 5.73 Å². The molecule has 1 fully saturated rings. The number of hydrogen-bond donors (Lipinski definition) is 1. The van der Waals surface area contributed by atoms with E-state index in [9.17, 15) is 0 Å². The smallest absolute Gasteiger partial charge is 0.149 e. The molecule has 1 unspecified atom stereocenters. The normalized spacial score (nSPS) is 22.4. The summed E-state index contributed by atoms with van der Waals surface area (Å²) in [6.45, 7) is 3.47. The van der Waals surface area contributed by atoms with Crippen LogP contribution in [0.1, 0.15) is 0 Å². The number of halogens is 1. The molecule has 1 saturated heterocycles. The van der Waals surface area contributed by atoms with Crippen LogP contribution in [0.3, 0.4) is 0 Å². The van der Waals surface area contributed by atoms with Gasteiger partial charge >= 0.3 is 0 Å². The Kier molecular flexibility index (Phi) is 3.58. The van der Waals surface area contributed by atoms with E-state index in [-0.39, 0.29) is 6.04 Å². The molecule has 5 nitrogen and oxygen atoms in total. The molecular weight excluding hydrogens is 226 g/mol. The van der Waals surface area contributed by atoms with Gasteiger partial charge in [-0.1, -0.05) is 11.6 Å². The second-order valence-electron chi connectivity index (χ2n) is 4.05. The summed E-state index contributed by atoms with van der Waals surface area (Å²) in [6.07, 6.45) is 3.28. The van der Waals surface area contributed by atoms with E-state index < -0.39 is 0 Å². The Hall–Kier alpha value is -0.910. The first-order valence-electron chi connectivity index (χ1n) is 5.33. The fourth-order valence-corrected chi connectivity index (χ4v) is 2.13. The van der Waals surface area contributed by atoms with Gasteiger partial charge in [-0.3, -0.25) is 4.98 Å². The molecule has 2 rings (SSSR count). The Labute approximate surface area is 100 Å². The summed E-state index contributed by atoms with van der Waals surface area (Å²) in [5.74, 6) is 0.816. The van der Waals surface area contributed by atoms with Crippen LogP contribution >= 0.6 is 11.6 Å². The van der Waals surface area contributed by atoms with E-state index in [1.54, 1.807) is 12.4 Å². The molecule has 0 aliphatic carbocycles. The molecule has 88 valence electrons. The summed E-state index contributed by atoms with van der Waals surface area (Å²) >= 11 is 5.84. The number of hydrogen-bond acceptors (Lipinski definition) is 5. The highest BCUT2D eigenvalue weighted by Gasteiger charge is 2.25. The van der Waals surface area contributed by atoms with Gasteiger partial charge in [0.05, 0.1) is 18.4 Å². The first-order chi connectivity index (χ1) is 7.70. The van der Waals surface area contributed by atoms with Gasteiger partial charge < -0.3 is 15.5 Å². The van der Waals surface area contributed by atoms with Crippen LogP contribution in [0.5, 0.6) is 0 Å². The molecule has 0 aromatic carbocycles. The molecule has 2 heterocycles. The number of piperazine rings is 1. The van der Waals surface area contributed by atoms with Crippen molar-refractivity contribution in [2.45, 2.75) is 6.04 Å². The summed E-state index contributed by atoms with van der Waals surface area (Å²) in [6, 6.07) is 0.284. The fraction of sp³-hybridized carbons (Fsp3) is 0.600. The zero-order valence-corrected chi connectivity index (χ0v) is 10.1. The number of rotatable bonds is 2. The van der Waals surface area contributed by atoms with Crippen molar-refractivity contribution < 1.29 is 0 Å². The number of likely N-dealkylation sites (N-methyl/N-ethyl adjacent to an activating group) is 1. The van der Waals surface area contributed by atoms with Gasteiger partial charge in [0.1, 0.15) is 11.0 Å². The van der Waals surface area contributed by atoms with Gasteiger partial charge in [-0.15, -0.1) is 0 Å². The lowest BCUT2D eigenvalue weighted by Gasteiger charge is -2.40. The quantitative estimate of drug-likeness (QED) is 0.802. The largest absolute Gasteiger partial charge is 0.348 e. The highest BCUT2D eigenvalue weighted by atomic mass is 35.5. The Balaban J connectivity index is 2.19. The van der Waals surface area contributed by atoms with Gasteiger partial charge in [-0.05, 0) is 7.05 Å². The third-order valence-corrected chi connectivity index (χ3v) is 3.03. The predicted octanol–water partition coefficient (Wildman–Crippen LogP) is 0.209. The highest BCUT2D eigenvalue weighted by molar-refractivity contribution is 6.29. The molecule has 0 bridgehead atoms. The maximum Gasteiger partial charge on any atom is 0.149 e. The molecule has 1 aromatic rings. The first-order valence-corrected chi connectivity index (χ1v) is 5.71. The molecule has 1 atom stereocenters. The van der Waals surface area contributed by atoms with E-state index in [4.69, 9.17) is 17.3 Å². The van der Waals surface area contributed by atoms with Gasteiger partial charge in [-0.2, -0.15) is 0 Å². The molecule has 16 heavy (non-hydrogen) atoms. The Bertz CT molecular complexity index is 359. The van der Waals surface area contributed by atoms with Crippen molar-refractivity contribution in [2.75, 3.05) is 38.1 Å². The summed E-state index contributed by atoms with van der Waals surface area (Å²) < 4.78 is 0. The van der Waals surface area contributed by atoms with Crippen molar-refractivity contribution in [1.29, 1.82) is 0 Å². The zero-order valence-electron chi connectivity index (χ0n) is 9.30. The molecule has 2 N–H and O–H groups in total. The number of anilines is 1. The summed E-state index contributed by atoms with van der Waals surface area (Å²) in [5, 5.41) is 0.423. The average molecular weight is 242 g/mol. The van der Waals surface area contributed by atoms with Crippen LogP contribution < -0.4 is 10.6 Å². The van der Waals surface area contributed by atoms with Crippen LogP contribution in [0.2, 0.25) is 5.15 Å². The molecule has 0 radical (unpaired) electrons. The first kappa shape index (κ1) is 11.6. The lowest BCUT2D eigenvalue weighted by molar-refractivity contribution is 0.268. The monoisotopic (exact) mass is 241 g/mol. The lowest BCUT2D eigenvalue weighted by atomic mass is 10.2. The van der Waals surface area contributed by atoms with Crippen molar-refractivity contribution >= 4 is 17.4 Å². The van der Waals surface area contributed by atoms with Crippen LogP contribution in [0.4, 0.5) is 5.82 Å². The van der Waals surface area contributed by atoms with Crippen LogP contribution in [0, 0.1) is 0 Å². The summed E-state index contributed by atoms with van der Waals surface area (Å²) in [7, 11) is 2.10. The van der Waals surface area contributed by atoms with Crippen molar-refractivity contribution in [1.82, 2.24) is 14.9 Å². The zero-order chi connectivity index (χ0) is 11.5. The van der Waals surface area contributed by atoms with E-state index in [2.05, 4.69) is 26.8 Å². The minimum Gasteiger partial charge on any atom is -0.348 e. The average Bonchev–Trinajstić information content (AvgIpc) is 2.28. The van der Waals surface area contributed by atoms with Gasteiger partial charge in [0.15, 0.2) is 0 Å². The van der Waals surface area contributed by atoms with Gasteiger partial charge in [0.25, 0.3) is 0 Å². The van der Waals surface area contributed by atoms with E-state index in [1.807, 2.05) is 0 Å². The van der Waals surface area contributed by atoms with Crippen molar-refractivity contribution in [3.63, 3.8) is 0 Å². The van der Waals surface area contributed by atoms with E-state index in [1.165, 1.54) is 0 Å². The lowest BCUT2D eigenvalue weighted by Crippen LogP contribution is -2.55. The number of aromatic nitrogens is 2. The van der Waals surface area contributed by atoms with E-state index in [0.29, 0.717) is 11.7 Å².